The fourth-order valence-corrected chi connectivity index (χ4v) is 1.68. The van der Waals surface area contributed by atoms with Crippen LogP contribution in [-0.4, -0.2) is 41.8 Å². The molecule has 0 radical (unpaired) electrons. The van der Waals surface area contributed by atoms with Crippen LogP contribution in [0.5, 0.6) is 0 Å². The minimum Gasteiger partial charge on any atom is -0.481 e. The van der Waals surface area contributed by atoms with E-state index in [-0.39, 0.29) is 13.0 Å². The van der Waals surface area contributed by atoms with Crippen LogP contribution in [0.4, 0.5) is 13.2 Å². The summed E-state index contributed by atoms with van der Waals surface area (Å²) in [7, 11) is 1.29. The summed E-state index contributed by atoms with van der Waals surface area (Å²) in [6.45, 7) is 0.182. The van der Waals surface area contributed by atoms with Crippen molar-refractivity contribution in [3.63, 3.8) is 0 Å². The number of carboxylic acid groups (broad SMARTS) is 1. The first-order valence-electron chi connectivity index (χ1n) is 3.84. The molecule has 0 amide bonds. The average Bonchev–Trinajstić information content (AvgIpc) is 2.28. The molecular weight excluding hydrogens is 187 g/mol. The second-order valence-electron chi connectivity index (χ2n) is 3.20. The molecule has 0 unspecified atom stereocenters. The summed E-state index contributed by atoms with van der Waals surface area (Å²) < 4.78 is 36.9. The molecule has 1 heterocycles. The number of hydrogen-bond acceptors (Lipinski definition) is 2. The molecule has 1 rings (SSSR count). The fraction of sp³-hybridized carbons (Fsp3) is 0.857. The Hall–Kier alpha value is -0.780. The number of carbonyl (C=O) groups is 1. The third kappa shape index (κ3) is 1.93. The monoisotopic (exact) mass is 197 g/mol. The maximum atomic E-state index is 12.3. The van der Waals surface area contributed by atoms with Gasteiger partial charge < -0.3 is 5.11 Å². The van der Waals surface area contributed by atoms with Gasteiger partial charge in [0.25, 0.3) is 0 Å². The summed E-state index contributed by atoms with van der Waals surface area (Å²) in [4.78, 5) is 11.5. The topological polar surface area (TPSA) is 40.5 Å². The summed E-state index contributed by atoms with van der Waals surface area (Å²) in [5.41, 5.74) is 0. The molecule has 1 aliphatic rings. The number of alkyl halides is 3. The van der Waals surface area contributed by atoms with Crippen LogP contribution in [-0.2, 0) is 4.79 Å². The second-order valence-corrected chi connectivity index (χ2v) is 3.20. The zero-order valence-corrected chi connectivity index (χ0v) is 7.01. The van der Waals surface area contributed by atoms with Gasteiger partial charge in [-0.1, -0.05) is 0 Å². The van der Waals surface area contributed by atoms with Crippen LogP contribution < -0.4 is 0 Å². The fourth-order valence-electron chi connectivity index (χ4n) is 1.68. The minimum absolute atomic E-state index is 0.0655. The lowest BCUT2D eigenvalue weighted by molar-refractivity contribution is -0.189. The van der Waals surface area contributed by atoms with E-state index < -0.39 is 24.1 Å². The van der Waals surface area contributed by atoms with Crippen molar-refractivity contribution >= 4 is 5.97 Å². The van der Waals surface area contributed by atoms with Crippen LogP contribution >= 0.6 is 0 Å². The van der Waals surface area contributed by atoms with Gasteiger partial charge in [0.1, 0.15) is 6.04 Å². The van der Waals surface area contributed by atoms with Gasteiger partial charge in [0, 0.05) is 0 Å². The molecule has 0 aromatic heterocycles. The Balaban J connectivity index is 2.83. The number of nitrogens with zero attached hydrogens (tertiary/aromatic N) is 1. The van der Waals surface area contributed by atoms with E-state index in [1.54, 1.807) is 0 Å². The molecule has 13 heavy (non-hydrogen) atoms. The molecule has 0 aromatic rings. The molecule has 0 aromatic carbocycles. The highest BCUT2D eigenvalue weighted by molar-refractivity contribution is 5.71. The van der Waals surface area contributed by atoms with Crippen molar-refractivity contribution < 1.29 is 23.1 Å². The Morgan fingerprint density at radius 2 is 2.08 bits per heavy atom. The molecule has 1 fully saturated rings. The van der Waals surface area contributed by atoms with Crippen molar-refractivity contribution in [2.24, 2.45) is 5.92 Å². The lowest BCUT2D eigenvalue weighted by Crippen LogP contribution is -2.44. The minimum atomic E-state index is -4.45. The molecular formula is C7H10F3NO2. The third-order valence-corrected chi connectivity index (χ3v) is 2.30. The Morgan fingerprint density at radius 3 is 2.38 bits per heavy atom. The first kappa shape index (κ1) is 10.3. The summed E-state index contributed by atoms with van der Waals surface area (Å²) in [6.07, 6.45) is -4.38. The standard InChI is InChI=1S/C7H10F3NO2/c1-11-3-2-4(6(12)13)5(11)7(8,9)10/h4-5H,2-3H2,1H3,(H,12,13)/t4-,5-/m0/s1. The molecule has 0 saturated carbocycles. The first-order chi connectivity index (χ1) is 5.84. The highest BCUT2D eigenvalue weighted by atomic mass is 19.4. The van der Waals surface area contributed by atoms with Crippen molar-refractivity contribution in [1.82, 2.24) is 4.90 Å². The predicted molar refractivity (Wildman–Crippen MR) is 38.2 cm³/mol. The maximum absolute atomic E-state index is 12.3. The zero-order valence-electron chi connectivity index (χ0n) is 7.01. The number of rotatable bonds is 1. The quantitative estimate of drug-likeness (QED) is 0.680. The predicted octanol–water partition coefficient (Wildman–Crippen LogP) is 0.954. The van der Waals surface area contributed by atoms with Gasteiger partial charge in [-0.2, -0.15) is 13.2 Å². The third-order valence-electron chi connectivity index (χ3n) is 2.30. The van der Waals surface area contributed by atoms with Crippen molar-refractivity contribution in [1.29, 1.82) is 0 Å². The molecule has 6 heteroatoms. The number of likely N-dealkylation sites (tertiary alicyclic amines) is 1. The zero-order chi connectivity index (χ0) is 10.2. The van der Waals surface area contributed by atoms with E-state index in [1.165, 1.54) is 7.05 Å². The van der Waals surface area contributed by atoms with E-state index in [4.69, 9.17) is 5.11 Å². The van der Waals surface area contributed by atoms with E-state index in [2.05, 4.69) is 0 Å². The van der Waals surface area contributed by atoms with Crippen molar-refractivity contribution in [3.05, 3.63) is 0 Å². The molecule has 1 aliphatic heterocycles. The normalized spacial score (nSPS) is 30.8. The molecule has 3 nitrogen and oxygen atoms in total. The van der Waals surface area contributed by atoms with Crippen LogP contribution in [0.3, 0.4) is 0 Å². The number of carboxylic acids is 1. The van der Waals surface area contributed by atoms with Crippen LogP contribution in [0.2, 0.25) is 0 Å². The van der Waals surface area contributed by atoms with Crippen LogP contribution in [0.15, 0.2) is 0 Å². The Bertz CT molecular complexity index is 216. The van der Waals surface area contributed by atoms with Gasteiger partial charge in [-0.15, -0.1) is 0 Å². The highest BCUT2D eigenvalue weighted by Crippen LogP contribution is 2.35. The van der Waals surface area contributed by atoms with E-state index >= 15 is 0 Å². The smallest absolute Gasteiger partial charge is 0.404 e. The number of aliphatic carboxylic acids is 1. The highest BCUT2D eigenvalue weighted by Gasteiger charge is 2.52. The molecule has 0 spiro atoms. The van der Waals surface area contributed by atoms with E-state index in [9.17, 15) is 18.0 Å². The van der Waals surface area contributed by atoms with Crippen LogP contribution in [0.1, 0.15) is 6.42 Å². The van der Waals surface area contributed by atoms with Gasteiger partial charge in [0.15, 0.2) is 0 Å². The van der Waals surface area contributed by atoms with Crippen molar-refractivity contribution in [2.75, 3.05) is 13.6 Å². The van der Waals surface area contributed by atoms with Crippen molar-refractivity contribution in [3.8, 4) is 0 Å². The number of hydrogen-bond donors (Lipinski definition) is 1. The summed E-state index contributed by atoms with van der Waals surface area (Å²) >= 11 is 0. The van der Waals surface area contributed by atoms with Crippen LogP contribution in [0, 0.1) is 5.92 Å². The van der Waals surface area contributed by atoms with Crippen LogP contribution in [0.25, 0.3) is 0 Å². The van der Waals surface area contributed by atoms with Crippen molar-refractivity contribution in [2.45, 2.75) is 18.6 Å². The molecule has 0 bridgehead atoms. The Kier molecular flexibility index (Phi) is 2.51. The molecule has 2 atom stereocenters. The second kappa shape index (κ2) is 3.17. The first-order valence-corrected chi connectivity index (χ1v) is 3.84. The van der Waals surface area contributed by atoms with Gasteiger partial charge in [-0.3, -0.25) is 9.69 Å². The maximum Gasteiger partial charge on any atom is 0.404 e. The van der Waals surface area contributed by atoms with Gasteiger partial charge in [0.05, 0.1) is 5.92 Å². The molecule has 1 saturated heterocycles. The molecule has 0 aliphatic carbocycles. The van der Waals surface area contributed by atoms with Gasteiger partial charge in [-0.25, -0.2) is 0 Å². The van der Waals surface area contributed by atoms with E-state index in [0.717, 1.165) is 4.90 Å². The lowest BCUT2D eigenvalue weighted by Gasteiger charge is -2.24. The van der Waals surface area contributed by atoms with Gasteiger partial charge >= 0.3 is 12.1 Å². The van der Waals surface area contributed by atoms with Gasteiger partial charge in [0.2, 0.25) is 0 Å². The summed E-state index contributed by atoms with van der Waals surface area (Å²) in [5.74, 6) is -2.68. The average molecular weight is 197 g/mol. The largest absolute Gasteiger partial charge is 0.481 e. The van der Waals surface area contributed by atoms with E-state index in [0.29, 0.717) is 0 Å². The summed E-state index contributed by atoms with van der Waals surface area (Å²) in [5, 5.41) is 8.54. The van der Waals surface area contributed by atoms with Gasteiger partial charge in [-0.05, 0) is 20.0 Å². The summed E-state index contributed by atoms with van der Waals surface area (Å²) in [6, 6.07) is -1.83. The number of halogens is 3. The van der Waals surface area contributed by atoms with E-state index in [1.807, 2.05) is 0 Å². The SMILES string of the molecule is CN1CC[C@H](C(=O)O)[C@H]1C(F)(F)F. The lowest BCUT2D eigenvalue weighted by atomic mass is 10.0. The Labute approximate surface area is 73.1 Å². The Morgan fingerprint density at radius 1 is 1.54 bits per heavy atom. The molecule has 76 valence electrons. The molecule has 1 N–H and O–H groups in total.